The van der Waals surface area contributed by atoms with Crippen LogP contribution >= 0.6 is 22.6 Å². The van der Waals surface area contributed by atoms with E-state index in [0.717, 1.165) is 37.0 Å². The maximum absolute atomic E-state index is 13.2. The smallest absolute Gasteiger partial charge is 0.195 e. The summed E-state index contributed by atoms with van der Waals surface area (Å²) in [5.74, 6) is 2.36. The Balaban J connectivity index is 1.81. The molecule has 0 nitrogen and oxygen atoms in total. The van der Waals surface area contributed by atoms with Crippen molar-refractivity contribution in [1.82, 2.24) is 0 Å². The standard InChI is InChI=1S/C12H17F2I/c13-12(14,15)7-11-4-8-1-9(5-11)3-10(2-8)6-11/h8-10H,1-7H2. The largest absolute Gasteiger partial charge is 0.297 e. The fourth-order valence-corrected chi connectivity index (χ4v) is 5.74. The van der Waals surface area contributed by atoms with E-state index >= 15 is 0 Å². The number of alkyl halides is 3. The molecule has 4 rings (SSSR count). The Morgan fingerprint density at radius 3 is 1.73 bits per heavy atom. The van der Waals surface area contributed by atoms with Crippen LogP contribution in [-0.4, -0.2) is 3.93 Å². The van der Waals surface area contributed by atoms with Gasteiger partial charge in [-0.05, 0) is 84.3 Å². The van der Waals surface area contributed by atoms with Crippen molar-refractivity contribution < 1.29 is 8.78 Å². The minimum absolute atomic E-state index is 0.0272. The Labute approximate surface area is 103 Å². The molecule has 0 radical (unpaired) electrons. The molecule has 4 bridgehead atoms. The normalized spacial score (nSPS) is 48.6. The predicted octanol–water partition coefficient (Wildman–Crippen LogP) is 4.62. The zero-order valence-corrected chi connectivity index (χ0v) is 11.0. The van der Waals surface area contributed by atoms with Gasteiger partial charge in [0.1, 0.15) is 0 Å². The lowest BCUT2D eigenvalue weighted by molar-refractivity contribution is -0.0851. The third-order valence-electron chi connectivity index (χ3n) is 4.74. The van der Waals surface area contributed by atoms with Gasteiger partial charge in [-0.2, -0.15) is 8.78 Å². The molecule has 4 fully saturated rings. The topological polar surface area (TPSA) is 0 Å². The highest BCUT2D eigenvalue weighted by atomic mass is 127. The summed E-state index contributed by atoms with van der Waals surface area (Å²) in [6.07, 6.45) is 7.45. The van der Waals surface area contributed by atoms with E-state index in [1.54, 1.807) is 0 Å². The Hall–Kier alpha value is 0.590. The van der Waals surface area contributed by atoms with E-state index < -0.39 is 3.93 Å². The van der Waals surface area contributed by atoms with E-state index in [1.165, 1.54) is 41.9 Å². The van der Waals surface area contributed by atoms with Crippen LogP contribution in [0.15, 0.2) is 0 Å². The van der Waals surface area contributed by atoms with Crippen molar-refractivity contribution in [2.45, 2.75) is 48.9 Å². The first-order valence-electron chi connectivity index (χ1n) is 6.01. The first kappa shape index (κ1) is 10.7. The van der Waals surface area contributed by atoms with Gasteiger partial charge in [0.05, 0.1) is 0 Å². The number of hydrogen-bond donors (Lipinski definition) is 0. The highest BCUT2D eigenvalue weighted by Gasteiger charge is 2.53. The first-order chi connectivity index (χ1) is 6.94. The Morgan fingerprint density at radius 1 is 1.00 bits per heavy atom. The molecular formula is C12H17F2I. The van der Waals surface area contributed by atoms with Crippen LogP contribution in [0, 0.1) is 23.2 Å². The Morgan fingerprint density at radius 2 is 1.40 bits per heavy atom. The van der Waals surface area contributed by atoms with Crippen molar-refractivity contribution in [3.63, 3.8) is 0 Å². The second kappa shape index (κ2) is 3.30. The summed E-state index contributed by atoms with van der Waals surface area (Å²) < 4.78 is 24.0. The van der Waals surface area contributed by atoms with Gasteiger partial charge in [0.15, 0.2) is 0 Å². The van der Waals surface area contributed by atoms with E-state index in [9.17, 15) is 8.78 Å². The maximum Gasteiger partial charge on any atom is 0.297 e. The third-order valence-corrected chi connectivity index (χ3v) is 5.12. The average molecular weight is 326 g/mol. The molecule has 0 N–H and O–H groups in total. The molecule has 0 aromatic rings. The van der Waals surface area contributed by atoms with Crippen molar-refractivity contribution in [3.8, 4) is 0 Å². The van der Waals surface area contributed by atoms with Crippen LogP contribution < -0.4 is 0 Å². The van der Waals surface area contributed by atoms with Crippen molar-refractivity contribution >= 4 is 22.6 Å². The molecule has 0 saturated heterocycles. The second-order valence-electron chi connectivity index (χ2n) is 6.21. The highest BCUT2D eigenvalue weighted by molar-refractivity contribution is 14.1. The van der Waals surface area contributed by atoms with Gasteiger partial charge < -0.3 is 0 Å². The van der Waals surface area contributed by atoms with E-state index in [2.05, 4.69) is 0 Å². The first-order valence-corrected chi connectivity index (χ1v) is 7.09. The summed E-state index contributed by atoms with van der Waals surface area (Å²) in [5.41, 5.74) is 0.0272. The van der Waals surface area contributed by atoms with Gasteiger partial charge in [-0.15, -0.1) is 0 Å². The van der Waals surface area contributed by atoms with Gasteiger partial charge in [0, 0.05) is 6.42 Å². The Bertz CT molecular complexity index is 234. The molecule has 0 aromatic carbocycles. The molecule has 0 amide bonds. The summed E-state index contributed by atoms with van der Waals surface area (Å²) in [4.78, 5) is 0. The van der Waals surface area contributed by atoms with Gasteiger partial charge in [-0.25, -0.2) is 0 Å². The fraction of sp³-hybridized carbons (Fsp3) is 1.00. The molecule has 0 aromatic heterocycles. The molecule has 0 atom stereocenters. The second-order valence-corrected chi connectivity index (χ2v) is 7.79. The van der Waals surface area contributed by atoms with Crippen LogP contribution in [0.25, 0.3) is 0 Å². The van der Waals surface area contributed by atoms with Crippen molar-refractivity contribution in [2.24, 2.45) is 23.2 Å². The van der Waals surface area contributed by atoms with E-state index in [4.69, 9.17) is 0 Å². The molecule has 4 aliphatic carbocycles. The van der Waals surface area contributed by atoms with E-state index in [-0.39, 0.29) is 11.8 Å². The number of rotatable bonds is 2. The summed E-state index contributed by atoms with van der Waals surface area (Å²) in [5, 5.41) is 0. The van der Waals surface area contributed by atoms with Crippen LogP contribution in [0.3, 0.4) is 0 Å². The monoisotopic (exact) mass is 326 g/mol. The molecule has 4 aliphatic rings. The zero-order valence-electron chi connectivity index (χ0n) is 8.82. The molecule has 86 valence electrons. The summed E-state index contributed by atoms with van der Waals surface area (Å²) in [7, 11) is 0. The van der Waals surface area contributed by atoms with Gasteiger partial charge in [-0.3, -0.25) is 0 Å². The molecule has 0 aliphatic heterocycles. The number of hydrogen-bond acceptors (Lipinski definition) is 0. The quantitative estimate of drug-likeness (QED) is 0.513. The van der Waals surface area contributed by atoms with Crippen LogP contribution in [0.2, 0.25) is 0 Å². The third kappa shape index (κ3) is 2.05. The van der Waals surface area contributed by atoms with E-state index in [1.807, 2.05) is 0 Å². The minimum atomic E-state index is -2.48. The highest BCUT2D eigenvalue weighted by Crippen LogP contribution is 2.63. The van der Waals surface area contributed by atoms with Gasteiger partial charge in [-0.1, -0.05) is 0 Å². The van der Waals surface area contributed by atoms with Crippen LogP contribution in [0.5, 0.6) is 0 Å². The lowest BCUT2D eigenvalue weighted by Gasteiger charge is -2.57. The predicted molar refractivity (Wildman–Crippen MR) is 64.2 cm³/mol. The average Bonchev–Trinajstić information content (AvgIpc) is 1.94. The molecule has 0 unspecified atom stereocenters. The van der Waals surface area contributed by atoms with Gasteiger partial charge in [0.25, 0.3) is 3.93 Å². The van der Waals surface area contributed by atoms with Gasteiger partial charge >= 0.3 is 0 Å². The minimum Gasteiger partial charge on any atom is -0.195 e. The van der Waals surface area contributed by atoms with Crippen molar-refractivity contribution in [2.75, 3.05) is 0 Å². The van der Waals surface area contributed by atoms with Crippen LogP contribution in [0.4, 0.5) is 8.78 Å². The van der Waals surface area contributed by atoms with E-state index in [0.29, 0.717) is 0 Å². The summed E-state index contributed by atoms with van der Waals surface area (Å²) in [6, 6.07) is 0. The van der Waals surface area contributed by atoms with Crippen LogP contribution in [0.1, 0.15) is 44.9 Å². The van der Waals surface area contributed by atoms with Crippen molar-refractivity contribution in [3.05, 3.63) is 0 Å². The van der Waals surface area contributed by atoms with Gasteiger partial charge in [0.2, 0.25) is 0 Å². The lowest BCUT2D eigenvalue weighted by atomic mass is 9.49. The number of halogens is 3. The zero-order chi connectivity index (χ0) is 10.7. The fourth-order valence-electron chi connectivity index (χ4n) is 4.93. The summed E-state index contributed by atoms with van der Waals surface area (Å²) in [6.45, 7) is 0. The molecule has 0 spiro atoms. The lowest BCUT2D eigenvalue weighted by Crippen LogP contribution is -2.47. The molecule has 15 heavy (non-hydrogen) atoms. The SMILES string of the molecule is FC(F)(I)CC12CC3CC(CC(C3)C1)C2. The van der Waals surface area contributed by atoms with Crippen molar-refractivity contribution in [1.29, 1.82) is 0 Å². The maximum atomic E-state index is 13.2. The molecule has 4 saturated carbocycles. The van der Waals surface area contributed by atoms with Crippen LogP contribution in [-0.2, 0) is 0 Å². The molecule has 0 heterocycles. The molecule has 3 heteroatoms. The summed E-state index contributed by atoms with van der Waals surface area (Å²) >= 11 is 1.33. The molecular weight excluding hydrogens is 309 g/mol. The Kier molecular flexibility index (Phi) is 2.36.